The van der Waals surface area contributed by atoms with Gasteiger partial charge in [0.1, 0.15) is 0 Å². The molecule has 0 aromatic heterocycles. The molecule has 0 spiro atoms. The highest BCUT2D eigenvalue weighted by molar-refractivity contribution is 6.84. The van der Waals surface area contributed by atoms with E-state index in [1.54, 1.807) is 0 Å². The van der Waals surface area contributed by atoms with Gasteiger partial charge < -0.3 is 4.12 Å². The third-order valence-electron chi connectivity index (χ3n) is 4.87. The van der Waals surface area contributed by atoms with Crippen LogP contribution < -0.4 is 0 Å². The highest BCUT2D eigenvalue weighted by Gasteiger charge is 2.32. The van der Waals surface area contributed by atoms with Gasteiger partial charge in [0.05, 0.1) is 11.6 Å². The molecular formula is C23H33NOSi2. The fraction of sp³-hybridized carbons (Fsp3) is 0.435. The van der Waals surface area contributed by atoms with Crippen LogP contribution in [0.5, 0.6) is 0 Å². The van der Waals surface area contributed by atoms with Crippen LogP contribution in [-0.2, 0) is 10.2 Å². The van der Waals surface area contributed by atoms with E-state index in [0.717, 1.165) is 11.6 Å². The van der Waals surface area contributed by atoms with Crippen molar-refractivity contribution >= 4 is 16.6 Å². The topological polar surface area (TPSA) is 33.0 Å². The van der Waals surface area contributed by atoms with Crippen molar-refractivity contribution in [1.29, 1.82) is 5.26 Å². The summed E-state index contributed by atoms with van der Waals surface area (Å²) in [5, 5.41) is 8.93. The minimum atomic E-state index is -1.72. The van der Waals surface area contributed by atoms with Crippen molar-refractivity contribution in [3.63, 3.8) is 0 Å². The molecule has 0 aliphatic heterocycles. The minimum Gasteiger partial charge on any atom is -0.455 e. The molecule has 2 aromatic carbocycles. The van der Waals surface area contributed by atoms with Crippen LogP contribution >= 0.6 is 0 Å². The minimum absolute atomic E-state index is 0.700. The summed E-state index contributed by atoms with van der Waals surface area (Å²) in [7, 11) is -3.29. The Morgan fingerprint density at radius 3 is 1.89 bits per heavy atom. The zero-order chi connectivity index (χ0) is 19.9. The second-order valence-electron chi connectivity index (χ2n) is 8.64. The molecule has 0 aliphatic rings. The van der Waals surface area contributed by atoms with Gasteiger partial charge in [-0.25, -0.2) is 0 Å². The van der Waals surface area contributed by atoms with E-state index in [4.69, 9.17) is 9.38 Å². The van der Waals surface area contributed by atoms with Gasteiger partial charge in [-0.1, -0.05) is 62.6 Å². The molecule has 27 heavy (non-hydrogen) atoms. The van der Waals surface area contributed by atoms with Gasteiger partial charge in [0.2, 0.25) is 0 Å². The first kappa shape index (κ1) is 21.6. The summed E-state index contributed by atoms with van der Waals surface area (Å²) in [5.74, 6) is 0. The lowest BCUT2D eigenvalue weighted by atomic mass is 10.0. The number of hydrogen-bond donors (Lipinski definition) is 0. The molecule has 2 rings (SSSR count). The summed E-state index contributed by atoms with van der Waals surface area (Å²) in [4.78, 5) is 0. The maximum atomic E-state index is 8.93. The first-order chi connectivity index (χ1) is 12.7. The van der Waals surface area contributed by atoms with Crippen molar-refractivity contribution < 1.29 is 4.12 Å². The van der Waals surface area contributed by atoms with Crippen molar-refractivity contribution in [3.05, 3.63) is 59.7 Å². The predicted octanol–water partition coefficient (Wildman–Crippen LogP) is 6.92. The van der Waals surface area contributed by atoms with Crippen LogP contribution in [0.1, 0.15) is 37.3 Å². The summed E-state index contributed by atoms with van der Waals surface area (Å²) in [6, 6.07) is 21.1. The Labute approximate surface area is 167 Å². The second-order valence-corrected chi connectivity index (χ2v) is 17.4. The van der Waals surface area contributed by atoms with E-state index in [2.05, 4.69) is 63.4 Å². The molecule has 0 fully saturated rings. The number of nitrogens with zero attached hydrogens (tertiary/aromatic N) is 1. The Balaban J connectivity index is 2.00. The molecule has 0 amide bonds. The van der Waals surface area contributed by atoms with Crippen LogP contribution in [0.4, 0.5) is 0 Å². The summed E-state index contributed by atoms with van der Waals surface area (Å²) < 4.78 is 6.76. The molecule has 2 aromatic rings. The highest BCUT2D eigenvalue weighted by Crippen LogP contribution is 2.25. The average molecular weight is 396 g/mol. The van der Waals surface area contributed by atoms with Crippen LogP contribution in [-0.4, -0.2) is 16.6 Å². The molecule has 2 nitrogen and oxygen atoms in total. The average Bonchev–Trinajstić information content (AvgIpc) is 2.61. The van der Waals surface area contributed by atoms with Crippen LogP contribution in [0.15, 0.2) is 48.5 Å². The fourth-order valence-corrected chi connectivity index (χ4v) is 12.7. The summed E-state index contributed by atoms with van der Waals surface area (Å²) in [6.45, 7) is 11.7. The van der Waals surface area contributed by atoms with Gasteiger partial charge in [0, 0.05) is 0 Å². The molecule has 0 saturated carbocycles. The van der Waals surface area contributed by atoms with Crippen LogP contribution in [0.25, 0.3) is 11.1 Å². The van der Waals surface area contributed by atoms with Crippen LogP contribution in [0.2, 0.25) is 32.2 Å². The molecule has 0 unspecified atom stereocenters. The third-order valence-corrected chi connectivity index (χ3v) is 12.1. The Morgan fingerprint density at radius 2 is 1.37 bits per heavy atom. The van der Waals surface area contributed by atoms with Crippen LogP contribution in [0.3, 0.4) is 0 Å². The van der Waals surface area contributed by atoms with E-state index >= 15 is 0 Å². The second kappa shape index (κ2) is 9.50. The summed E-state index contributed by atoms with van der Waals surface area (Å²) in [5.41, 5.74) is 4.41. The normalized spacial score (nSPS) is 12.0. The zero-order valence-corrected chi connectivity index (χ0v) is 19.5. The first-order valence-electron chi connectivity index (χ1n) is 10.0. The van der Waals surface area contributed by atoms with Gasteiger partial charge in [-0.05, 0) is 67.1 Å². The smallest absolute Gasteiger partial charge is 0.177 e. The zero-order valence-electron chi connectivity index (χ0n) is 17.5. The van der Waals surface area contributed by atoms with E-state index in [1.807, 2.05) is 24.3 Å². The lowest BCUT2D eigenvalue weighted by molar-refractivity contribution is 0.531. The van der Waals surface area contributed by atoms with E-state index < -0.39 is 16.6 Å². The fourth-order valence-electron chi connectivity index (χ4n) is 3.68. The van der Waals surface area contributed by atoms with Gasteiger partial charge in [0.15, 0.2) is 16.6 Å². The van der Waals surface area contributed by atoms with Gasteiger partial charge in [-0.15, -0.1) is 0 Å². The standard InChI is InChI=1S/C23H33NOSi2/c1-6-7-8-17-26(2,3)25-27(4,5)19-21-11-15-23(16-12-21)22-13-9-20(18-24)10-14-22/h9-16H,6-8,17,19H2,1-5H3. The lowest BCUT2D eigenvalue weighted by Crippen LogP contribution is -2.46. The largest absolute Gasteiger partial charge is 0.455 e. The lowest BCUT2D eigenvalue weighted by Gasteiger charge is -2.34. The van der Waals surface area contributed by atoms with E-state index in [9.17, 15) is 0 Å². The van der Waals surface area contributed by atoms with Gasteiger partial charge in [0.25, 0.3) is 0 Å². The van der Waals surface area contributed by atoms with Gasteiger partial charge in [-0.2, -0.15) is 5.26 Å². The molecule has 0 bridgehead atoms. The van der Waals surface area contributed by atoms with E-state index in [0.29, 0.717) is 5.56 Å². The van der Waals surface area contributed by atoms with Gasteiger partial charge >= 0.3 is 0 Å². The van der Waals surface area contributed by atoms with Crippen molar-refractivity contribution in [2.24, 2.45) is 0 Å². The van der Waals surface area contributed by atoms with Crippen molar-refractivity contribution in [3.8, 4) is 17.2 Å². The maximum absolute atomic E-state index is 8.93. The number of rotatable bonds is 9. The molecule has 0 aliphatic carbocycles. The number of nitriles is 1. The Kier molecular flexibility index (Phi) is 7.61. The third kappa shape index (κ3) is 7.10. The molecule has 0 radical (unpaired) electrons. The first-order valence-corrected chi connectivity index (χ1v) is 16.3. The Hall–Kier alpha value is -1.68. The van der Waals surface area contributed by atoms with E-state index in [-0.39, 0.29) is 0 Å². The van der Waals surface area contributed by atoms with Gasteiger partial charge in [-0.3, -0.25) is 0 Å². The molecule has 0 heterocycles. The predicted molar refractivity (Wildman–Crippen MR) is 121 cm³/mol. The number of unbranched alkanes of at least 4 members (excludes halogenated alkanes) is 2. The highest BCUT2D eigenvalue weighted by atomic mass is 28.4. The maximum Gasteiger partial charge on any atom is 0.177 e. The monoisotopic (exact) mass is 395 g/mol. The molecule has 144 valence electrons. The molecule has 0 N–H and O–H groups in total. The SMILES string of the molecule is CCCCC[Si](C)(C)O[Si](C)(C)Cc1ccc(-c2ccc(C#N)cc2)cc1. The van der Waals surface area contributed by atoms with E-state index in [1.165, 1.54) is 36.4 Å². The quantitative estimate of drug-likeness (QED) is 0.341. The molecule has 4 heteroatoms. The number of benzene rings is 2. The summed E-state index contributed by atoms with van der Waals surface area (Å²) in [6.07, 6.45) is 3.90. The Bertz CT molecular complexity index is 758. The van der Waals surface area contributed by atoms with Crippen molar-refractivity contribution in [2.75, 3.05) is 0 Å². The van der Waals surface area contributed by atoms with Crippen LogP contribution in [0, 0.1) is 11.3 Å². The molecule has 0 atom stereocenters. The van der Waals surface area contributed by atoms with Crippen molar-refractivity contribution in [2.45, 2.75) is 64.5 Å². The molecular weight excluding hydrogens is 362 g/mol. The Morgan fingerprint density at radius 1 is 0.815 bits per heavy atom. The summed E-state index contributed by atoms with van der Waals surface area (Å²) >= 11 is 0. The number of hydrogen-bond acceptors (Lipinski definition) is 2. The van der Waals surface area contributed by atoms with Crippen molar-refractivity contribution in [1.82, 2.24) is 0 Å². The molecule has 0 saturated heterocycles.